The Balaban J connectivity index is 4.79. The van der Waals surface area contributed by atoms with Gasteiger partial charge in [-0.05, 0) is 26.2 Å². The first kappa shape index (κ1) is 33.4. The van der Waals surface area contributed by atoms with Gasteiger partial charge in [0.2, 0.25) is 0 Å². The molecule has 35 heavy (non-hydrogen) atoms. The number of carbonyl (C=O) groups is 3. The van der Waals surface area contributed by atoms with Gasteiger partial charge in [0.1, 0.15) is 5.41 Å². The number of aliphatic carboxylic acids is 3. The average Bonchev–Trinajstić information content (AvgIpc) is 2.81. The minimum atomic E-state index is -2.32. The predicted octanol–water partition coefficient (Wildman–Crippen LogP) is 7.31. The number of carboxylic acids is 3. The van der Waals surface area contributed by atoms with E-state index < -0.39 is 34.8 Å². The molecule has 0 aliphatic heterocycles. The molecule has 0 heterocycles. The summed E-state index contributed by atoms with van der Waals surface area (Å²) >= 11 is 0. The first-order valence-electron chi connectivity index (χ1n) is 14.0. The van der Waals surface area contributed by atoms with Gasteiger partial charge in [-0.15, -0.1) is 0 Å². The van der Waals surface area contributed by atoms with Crippen molar-refractivity contribution in [2.24, 2.45) is 11.3 Å². The van der Waals surface area contributed by atoms with Crippen molar-refractivity contribution in [3.8, 4) is 0 Å². The van der Waals surface area contributed by atoms with E-state index >= 15 is 0 Å². The van der Waals surface area contributed by atoms with Crippen LogP contribution in [-0.2, 0) is 19.1 Å². The average molecular weight is 501 g/mol. The van der Waals surface area contributed by atoms with Crippen LogP contribution in [0.2, 0.25) is 0 Å². The molecule has 0 aromatic rings. The zero-order valence-corrected chi connectivity index (χ0v) is 22.8. The summed E-state index contributed by atoms with van der Waals surface area (Å²) in [5.41, 5.74) is -4.15. The second-order valence-corrected chi connectivity index (χ2v) is 9.84. The standard InChI is InChI=1S/C28H52O7/c1-5-9-10-11-12-13-14-15-16-17-18-19-20-21-22-23(24(29)30)28(26(33)34,35-8-4)27(6-2,7-3)25(31)32/h23H,5-22H2,1-4H3,(H,29,30)(H,31,32)(H,33,34). The van der Waals surface area contributed by atoms with Crippen LogP contribution in [0.1, 0.15) is 137 Å². The Morgan fingerprint density at radius 2 is 1.03 bits per heavy atom. The molecule has 0 saturated heterocycles. The molecule has 0 amide bonds. The summed E-state index contributed by atoms with van der Waals surface area (Å²) in [4.78, 5) is 37.1. The minimum absolute atomic E-state index is 0.0341. The van der Waals surface area contributed by atoms with Crippen molar-refractivity contribution in [2.45, 2.75) is 142 Å². The maximum Gasteiger partial charge on any atom is 0.338 e. The highest BCUT2D eigenvalue weighted by atomic mass is 16.5. The zero-order chi connectivity index (χ0) is 26.7. The summed E-state index contributed by atoms with van der Waals surface area (Å²) in [6.07, 6.45) is 16.3. The van der Waals surface area contributed by atoms with Crippen molar-refractivity contribution >= 4 is 17.9 Å². The predicted molar refractivity (Wildman–Crippen MR) is 139 cm³/mol. The number of rotatable bonds is 24. The molecule has 7 nitrogen and oxygen atoms in total. The third kappa shape index (κ3) is 9.74. The fourth-order valence-electron chi connectivity index (χ4n) is 5.50. The van der Waals surface area contributed by atoms with E-state index in [-0.39, 0.29) is 25.9 Å². The Morgan fingerprint density at radius 1 is 0.629 bits per heavy atom. The Bertz CT molecular complexity index is 600. The summed E-state index contributed by atoms with van der Waals surface area (Å²) < 4.78 is 5.63. The number of carboxylic acid groups (broad SMARTS) is 3. The van der Waals surface area contributed by atoms with E-state index in [0.717, 1.165) is 25.7 Å². The molecular weight excluding hydrogens is 448 g/mol. The third-order valence-corrected chi connectivity index (χ3v) is 7.65. The molecule has 0 radical (unpaired) electrons. The van der Waals surface area contributed by atoms with Gasteiger partial charge >= 0.3 is 17.9 Å². The second-order valence-electron chi connectivity index (χ2n) is 9.84. The van der Waals surface area contributed by atoms with Gasteiger partial charge in [0.05, 0.1) is 5.92 Å². The van der Waals surface area contributed by atoms with Crippen molar-refractivity contribution in [3.05, 3.63) is 0 Å². The van der Waals surface area contributed by atoms with Crippen LogP contribution in [0.25, 0.3) is 0 Å². The van der Waals surface area contributed by atoms with E-state index in [1.54, 1.807) is 20.8 Å². The van der Waals surface area contributed by atoms with Gasteiger partial charge in [0, 0.05) is 6.61 Å². The van der Waals surface area contributed by atoms with Crippen LogP contribution in [0.5, 0.6) is 0 Å². The molecule has 7 heteroatoms. The molecule has 0 rings (SSSR count). The topological polar surface area (TPSA) is 121 Å². The summed E-state index contributed by atoms with van der Waals surface area (Å²) in [5.74, 6) is -5.59. The fraction of sp³-hybridized carbons (Fsp3) is 0.893. The lowest BCUT2D eigenvalue weighted by Gasteiger charge is -2.46. The molecule has 0 aliphatic rings. The maximum atomic E-state index is 12.5. The molecule has 2 atom stereocenters. The first-order valence-corrected chi connectivity index (χ1v) is 14.0. The monoisotopic (exact) mass is 500 g/mol. The Morgan fingerprint density at radius 3 is 1.31 bits per heavy atom. The molecule has 0 bridgehead atoms. The summed E-state index contributed by atoms with van der Waals surface area (Å²) in [7, 11) is 0. The number of hydrogen-bond acceptors (Lipinski definition) is 4. The van der Waals surface area contributed by atoms with Crippen molar-refractivity contribution in [2.75, 3.05) is 6.61 Å². The number of unbranched alkanes of at least 4 members (excludes halogenated alkanes) is 13. The summed E-state index contributed by atoms with van der Waals surface area (Å²) in [5, 5.41) is 30.2. The molecule has 0 aliphatic carbocycles. The SMILES string of the molecule is CCCCCCCCCCCCCCCCC(C(=O)O)C(OCC)(C(=O)O)C(CC)(CC)C(=O)O. The van der Waals surface area contributed by atoms with Gasteiger partial charge in [-0.1, -0.05) is 111 Å². The van der Waals surface area contributed by atoms with E-state index in [9.17, 15) is 29.7 Å². The quantitative estimate of drug-likeness (QED) is 0.119. The van der Waals surface area contributed by atoms with Crippen LogP contribution in [0.4, 0.5) is 0 Å². The lowest BCUT2D eigenvalue weighted by atomic mass is 9.61. The molecule has 0 saturated carbocycles. The van der Waals surface area contributed by atoms with Gasteiger partial charge in [-0.25, -0.2) is 4.79 Å². The molecule has 3 N–H and O–H groups in total. The van der Waals surface area contributed by atoms with E-state index in [2.05, 4.69) is 6.92 Å². The molecule has 0 spiro atoms. The smallest absolute Gasteiger partial charge is 0.338 e. The van der Waals surface area contributed by atoms with Crippen LogP contribution in [0.15, 0.2) is 0 Å². The molecule has 0 aromatic carbocycles. The number of hydrogen-bond donors (Lipinski definition) is 3. The molecule has 206 valence electrons. The minimum Gasteiger partial charge on any atom is -0.481 e. The molecule has 0 fully saturated rings. The molecule has 0 aromatic heterocycles. The lowest BCUT2D eigenvalue weighted by Crippen LogP contribution is -2.65. The van der Waals surface area contributed by atoms with Gasteiger partial charge in [0.25, 0.3) is 0 Å². The first-order chi connectivity index (χ1) is 16.7. The van der Waals surface area contributed by atoms with E-state index in [1.165, 1.54) is 57.8 Å². The largest absolute Gasteiger partial charge is 0.481 e. The highest BCUT2D eigenvalue weighted by Gasteiger charge is 2.66. The van der Waals surface area contributed by atoms with Crippen LogP contribution in [-0.4, -0.2) is 45.4 Å². The lowest BCUT2D eigenvalue weighted by molar-refractivity contribution is -0.218. The van der Waals surface area contributed by atoms with Crippen molar-refractivity contribution in [3.63, 3.8) is 0 Å². The number of ether oxygens (including phenoxy) is 1. The normalized spacial score (nSPS) is 14.4. The zero-order valence-electron chi connectivity index (χ0n) is 22.8. The van der Waals surface area contributed by atoms with Crippen LogP contribution >= 0.6 is 0 Å². The molecular formula is C28H52O7. The Kier molecular flexibility index (Phi) is 17.7. The van der Waals surface area contributed by atoms with Crippen molar-refractivity contribution in [1.29, 1.82) is 0 Å². The summed E-state index contributed by atoms with van der Waals surface area (Å²) in [6.45, 7) is 6.89. The van der Waals surface area contributed by atoms with Gasteiger partial charge in [-0.3, -0.25) is 9.59 Å². The fourth-order valence-corrected chi connectivity index (χ4v) is 5.50. The van der Waals surface area contributed by atoms with Gasteiger partial charge < -0.3 is 20.1 Å². The van der Waals surface area contributed by atoms with Gasteiger partial charge in [0.15, 0.2) is 5.60 Å². The van der Waals surface area contributed by atoms with Crippen LogP contribution in [0, 0.1) is 11.3 Å². The Labute approximate surface area is 213 Å². The van der Waals surface area contributed by atoms with Gasteiger partial charge in [-0.2, -0.15) is 0 Å². The Hall–Kier alpha value is -1.63. The van der Waals surface area contributed by atoms with E-state index in [0.29, 0.717) is 6.42 Å². The summed E-state index contributed by atoms with van der Waals surface area (Å²) in [6, 6.07) is 0. The third-order valence-electron chi connectivity index (χ3n) is 7.65. The van der Waals surface area contributed by atoms with Crippen molar-refractivity contribution < 1.29 is 34.4 Å². The van der Waals surface area contributed by atoms with E-state index in [4.69, 9.17) is 4.74 Å². The van der Waals surface area contributed by atoms with E-state index in [1.807, 2.05) is 0 Å². The maximum absolute atomic E-state index is 12.5. The highest BCUT2D eigenvalue weighted by molar-refractivity contribution is 5.93. The van der Waals surface area contributed by atoms with Crippen LogP contribution < -0.4 is 0 Å². The highest BCUT2D eigenvalue weighted by Crippen LogP contribution is 2.48. The second kappa shape index (κ2) is 18.6. The van der Waals surface area contributed by atoms with Crippen LogP contribution in [0.3, 0.4) is 0 Å². The molecule has 2 unspecified atom stereocenters. The van der Waals surface area contributed by atoms with Crippen molar-refractivity contribution in [1.82, 2.24) is 0 Å².